The van der Waals surface area contributed by atoms with E-state index in [2.05, 4.69) is 11.3 Å². The fourth-order valence-corrected chi connectivity index (χ4v) is 1.18. The third-order valence-electron chi connectivity index (χ3n) is 2.58. The van der Waals surface area contributed by atoms with Crippen molar-refractivity contribution in [1.82, 2.24) is 0 Å². The van der Waals surface area contributed by atoms with E-state index in [-0.39, 0.29) is 0 Å². The number of esters is 1. The summed E-state index contributed by atoms with van der Waals surface area (Å²) < 4.78 is 108. The Balaban J connectivity index is 5.18. The molecule has 0 saturated carbocycles. The van der Waals surface area contributed by atoms with Gasteiger partial charge >= 0.3 is 29.7 Å². The van der Waals surface area contributed by atoms with Gasteiger partial charge in [0.2, 0.25) is 0 Å². The molecule has 0 bridgehead atoms. The summed E-state index contributed by atoms with van der Waals surface area (Å²) in [5, 5.41) is 0. The van der Waals surface area contributed by atoms with Crippen LogP contribution in [0, 0.1) is 0 Å². The summed E-state index contributed by atoms with van der Waals surface area (Å²) in [6.07, 6.45) is -3.28. The van der Waals surface area contributed by atoms with Gasteiger partial charge in [-0.2, -0.15) is 35.1 Å². The summed E-state index contributed by atoms with van der Waals surface area (Å²) in [4.78, 5) is 10.5. The predicted octanol–water partition coefficient (Wildman–Crippen LogP) is 4.06. The second kappa shape index (κ2) is 6.18. The van der Waals surface area contributed by atoms with Gasteiger partial charge in [-0.15, -0.1) is 0 Å². The first-order valence-corrected chi connectivity index (χ1v) is 5.57. The van der Waals surface area contributed by atoms with E-state index in [1.54, 1.807) is 0 Å². The first kappa shape index (κ1) is 19.7. The molecular formula is C11H12F8O2. The average molecular weight is 328 g/mol. The first-order valence-electron chi connectivity index (χ1n) is 5.57. The highest BCUT2D eigenvalue weighted by molar-refractivity contribution is 5.81. The van der Waals surface area contributed by atoms with Crippen LogP contribution in [-0.4, -0.2) is 36.3 Å². The molecule has 0 unspecified atom stereocenters. The molecule has 10 heteroatoms. The van der Waals surface area contributed by atoms with Crippen molar-refractivity contribution in [2.45, 2.75) is 43.5 Å². The number of carbonyl (C=O) groups excluding carboxylic acids is 1. The third kappa shape index (κ3) is 3.65. The number of ether oxygens (including phenoxy) is 1. The maximum atomic E-state index is 13.1. The van der Waals surface area contributed by atoms with Crippen LogP contribution in [0.3, 0.4) is 0 Å². The Morgan fingerprint density at radius 1 is 1.00 bits per heavy atom. The van der Waals surface area contributed by atoms with E-state index in [1.165, 1.54) is 0 Å². The quantitative estimate of drug-likeness (QED) is 0.382. The van der Waals surface area contributed by atoms with Crippen molar-refractivity contribution >= 4 is 5.97 Å². The average Bonchev–Trinajstić information content (AvgIpc) is 2.37. The molecule has 0 rings (SSSR count). The van der Waals surface area contributed by atoms with Crippen molar-refractivity contribution in [3.8, 4) is 0 Å². The minimum Gasteiger partial charge on any atom is -0.462 e. The monoisotopic (exact) mass is 328 g/mol. The molecule has 0 saturated heterocycles. The van der Waals surface area contributed by atoms with Crippen LogP contribution in [-0.2, 0) is 9.53 Å². The summed E-state index contributed by atoms with van der Waals surface area (Å²) in [5.74, 6) is -24.7. The third-order valence-corrected chi connectivity index (χ3v) is 2.58. The lowest BCUT2D eigenvalue weighted by Gasteiger charge is -2.36. The maximum Gasteiger partial charge on any atom is 0.378 e. The van der Waals surface area contributed by atoms with E-state index in [4.69, 9.17) is 0 Å². The van der Waals surface area contributed by atoms with Gasteiger partial charge in [0.15, 0.2) is 0 Å². The summed E-state index contributed by atoms with van der Waals surface area (Å²) >= 11 is 0. The fraction of sp³-hybridized carbons (Fsp3) is 0.727. The standard InChI is InChI=1S/C11H12F8O2/c1-3-7(20)21-6-5-9(14,15)11(18,19)10(16,17)8(12,13)4-2/h3H,1,4-6H2,2H3. The fourth-order valence-electron chi connectivity index (χ4n) is 1.18. The topological polar surface area (TPSA) is 26.3 Å². The van der Waals surface area contributed by atoms with Crippen LogP contribution in [0.25, 0.3) is 0 Å². The van der Waals surface area contributed by atoms with Gasteiger partial charge in [0.1, 0.15) is 0 Å². The molecule has 0 amide bonds. The Labute approximate surface area is 114 Å². The molecule has 0 aromatic rings. The van der Waals surface area contributed by atoms with Crippen molar-refractivity contribution in [3.63, 3.8) is 0 Å². The number of alkyl halides is 8. The maximum absolute atomic E-state index is 13.1. The minimum atomic E-state index is -6.32. The van der Waals surface area contributed by atoms with Gasteiger partial charge in [0.05, 0.1) is 13.0 Å². The van der Waals surface area contributed by atoms with Crippen LogP contribution in [0.4, 0.5) is 35.1 Å². The van der Waals surface area contributed by atoms with Crippen molar-refractivity contribution in [2.75, 3.05) is 6.61 Å². The second-order valence-electron chi connectivity index (χ2n) is 4.03. The highest BCUT2D eigenvalue weighted by Crippen LogP contribution is 2.54. The van der Waals surface area contributed by atoms with E-state index in [9.17, 15) is 39.9 Å². The predicted molar refractivity (Wildman–Crippen MR) is 55.9 cm³/mol. The lowest BCUT2D eigenvalue weighted by atomic mass is 9.95. The molecule has 21 heavy (non-hydrogen) atoms. The highest BCUT2D eigenvalue weighted by atomic mass is 19.4. The molecule has 0 aromatic carbocycles. The van der Waals surface area contributed by atoms with Gasteiger partial charge in [-0.3, -0.25) is 0 Å². The summed E-state index contributed by atoms with van der Waals surface area (Å²) in [6.45, 7) is 1.97. The molecule has 124 valence electrons. The lowest BCUT2D eigenvalue weighted by Crippen LogP contribution is -2.62. The zero-order chi connectivity index (χ0) is 17.1. The molecule has 0 radical (unpaired) electrons. The normalized spacial score (nSPS) is 14.0. The molecule has 2 nitrogen and oxygen atoms in total. The Bertz CT molecular complexity index is 392. The van der Waals surface area contributed by atoms with E-state index in [0.29, 0.717) is 13.0 Å². The molecule has 0 aliphatic carbocycles. The Kier molecular flexibility index (Phi) is 5.79. The molecular weight excluding hydrogens is 316 g/mol. The van der Waals surface area contributed by atoms with Crippen molar-refractivity contribution < 1.29 is 44.7 Å². The Morgan fingerprint density at radius 3 is 1.81 bits per heavy atom. The summed E-state index contributed by atoms with van der Waals surface area (Å²) in [5.41, 5.74) is 0. The van der Waals surface area contributed by atoms with Crippen LogP contribution >= 0.6 is 0 Å². The number of hydrogen-bond donors (Lipinski definition) is 0. The summed E-state index contributed by atoms with van der Waals surface area (Å²) in [7, 11) is 0. The Morgan fingerprint density at radius 2 is 1.43 bits per heavy atom. The number of hydrogen-bond acceptors (Lipinski definition) is 2. The smallest absolute Gasteiger partial charge is 0.378 e. The number of halogens is 8. The van der Waals surface area contributed by atoms with Crippen LogP contribution in [0.15, 0.2) is 12.7 Å². The zero-order valence-electron chi connectivity index (χ0n) is 10.7. The SMILES string of the molecule is C=CC(=O)OCCC(F)(F)C(F)(F)C(F)(F)C(F)(F)CC. The molecule has 0 spiro atoms. The summed E-state index contributed by atoms with van der Waals surface area (Å²) in [6, 6.07) is 0. The lowest BCUT2D eigenvalue weighted by molar-refractivity contribution is -0.367. The van der Waals surface area contributed by atoms with Crippen LogP contribution in [0.2, 0.25) is 0 Å². The van der Waals surface area contributed by atoms with Gasteiger partial charge in [-0.25, -0.2) is 4.79 Å². The zero-order valence-corrected chi connectivity index (χ0v) is 10.7. The van der Waals surface area contributed by atoms with E-state index >= 15 is 0 Å². The number of rotatable bonds is 8. The highest BCUT2D eigenvalue weighted by Gasteiger charge is 2.79. The van der Waals surface area contributed by atoms with Gasteiger partial charge in [0, 0.05) is 12.5 Å². The largest absolute Gasteiger partial charge is 0.462 e. The molecule has 0 heterocycles. The minimum absolute atomic E-state index is 0.452. The van der Waals surface area contributed by atoms with Gasteiger partial charge in [0.25, 0.3) is 0 Å². The van der Waals surface area contributed by atoms with Gasteiger partial charge < -0.3 is 4.74 Å². The number of carbonyl (C=O) groups is 1. The molecule has 0 N–H and O–H groups in total. The Hall–Kier alpha value is -1.35. The molecule has 0 aromatic heterocycles. The van der Waals surface area contributed by atoms with Crippen LogP contribution in [0.1, 0.15) is 19.8 Å². The van der Waals surface area contributed by atoms with Gasteiger partial charge in [-0.1, -0.05) is 13.5 Å². The van der Waals surface area contributed by atoms with Crippen molar-refractivity contribution in [2.24, 2.45) is 0 Å². The second-order valence-corrected chi connectivity index (χ2v) is 4.03. The molecule has 0 aliphatic rings. The van der Waals surface area contributed by atoms with E-state index < -0.39 is 49.1 Å². The van der Waals surface area contributed by atoms with Crippen molar-refractivity contribution in [1.29, 1.82) is 0 Å². The first-order chi connectivity index (χ1) is 9.27. The van der Waals surface area contributed by atoms with Gasteiger partial charge in [-0.05, 0) is 0 Å². The van der Waals surface area contributed by atoms with Crippen LogP contribution < -0.4 is 0 Å². The molecule has 0 aliphatic heterocycles. The van der Waals surface area contributed by atoms with Crippen LogP contribution in [0.5, 0.6) is 0 Å². The molecule has 0 fully saturated rings. The van der Waals surface area contributed by atoms with E-state index in [1.807, 2.05) is 0 Å². The molecule has 0 atom stereocenters. The van der Waals surface area contributed by atoms with E-state index in [0.717, 1.165) is 0 Å². The van der Waals surface area contributed by atoms with Crippen molar-refractivity contribution in [3.05, 3.63) is 12.7 Å².